The van der Waals surface area contributed by atoms with Crippen molar-refractivity contribution in [3.63, 3.8) is 0 Å². The van der Waals surface area contributed by atoms with E-state index < -0.39 is 5.92 Å². The number of fused-ring (bicyclic) bond motifs is 1. The van der Waals surface area contributed by atoms with Crippen LogP contribution in [0, 0.1) is 28.4 Å². The Labute approximate surface area is 217 Å². The van der Waals surface area contributed by atoms with Gasteiger partial charge < -0.3 is 9.47 Å². The molecule has 3 heterocycles. The fourth-order valence-electron chi connectivity index (χ4n) is 4.72. The molecule has 1 saturated heterocycles. The standard InChI is InChI=1S/C25H28BrF2N5OS/c1-31-21(9-7-5-3-2-4-6-8-18-13-25(27,28)14-18)22(20-12-19(26)15-30-23(20)31)24(34)32-10-11-33(17-32)35-16-29/h12,15,18H,2-5,7,9-11,13-14,17H2,1H3. The number of pyridine rings is 1. The zero-order chi connectivity index (χ0) is 25.0. The van der Waals surface area contributed by atoms with Crippen LogP contribution in [0.1, 0.15) is 61.0 Å². The van der Waals surface area contributed by atoms with Crippen LogP contribution in [0.3, 0.4) is 0 Å². The number of nitrogens with zero attached hydrogens (tertiary/aromatic N) is 5. The highest BCUT2D eigenvalue weighted by Crippen LogP contribution is 2.41. The maximum atomic E-state index is 13.6. The Bertz CT molecular complexity index is 1190. The highest BCUT2D eigenvalue weighted by atomic mass is 79.9. The van der Waals surface area contributed by atoms with Crippen molar-refractivity contribution < 1.29 is 13.6 Å². The Kier molecular flexibility index (Phi) is 8.36. The number of hydrogen-bond donors (Lipinski definition) is 0. The molecule has 1 aliphatic carbocycles. The highest BCUT2D eigenvalue weighted by Gasteiger charge is 2.44. The predicted molar refractivity (Wildman–Crippen MR) is 136 cm³/mol. The second-order valence-corrected chi connectivity index (χ2v) is 11.0. The number of alkyl halides is 2. The molecular weight excluding hydrogens is 536 g/mol. The van der Waals surface area contributed by atoms with Gasteiger partial charge in [-0.15, -0.1) is 5.92 Å². The van der Waals surface area contributed by atoms with Gasteiger partial charge in [0.15, 0.2) is 0 Å². The second-order valence-electron chi connectivity index (χ2n) is 9.20. The Morgan fingerprint density at radius 1 is 1.29 bits per heavy atom. The van der Waals surface area contributed by atoms with Crippen LogP contribution in [-0.2, 0) is 13.5 Å². The van der Waals surface area contributed by atoms with Crippen molar-refractivity contribution >= 4 is 44.8 Å². The molecule has 0 radical (unpaired) electrons. The molecule has 0 bridgehead atoms. The first-order chi connectivity index (χ1) is 16.8. The average Bonchev–Trinajstić information content (AvgIpc) is 3.36. The molecular formula is C25H28BrF2N5OS. The van der Waals surface area contributed by atoms with Crippen LogP contribution in [0.25, 0.3) is 11.0 Å². The first-order valence-electron chi connectivity index (χ1n) is 11.9. The SMILES string of the molecule is Cn1c(CCCCCCC#CC2CC(F)(F)C2)c(C(=O)N2CCN(SC#N)C2)c2cc(Br)cnc21. The summed E-state index contributed by atoms with van der Waals surface area (Å²) < 4.78 is 30.4. The number of thiocyanates is 1. The van der Waals surface area contributed by atoms with Crippen LogP contribution in [0.4, 0.5) is 8.78 Å². The minimum atomic E-state index is -2.50. The van der Waals surface area contributed by atoms with Gasteiger partial charge in [-0.3, -0.25) is 4.79 Å². The van der Waals surface area contributed by atoms with Crippen LogP contribution < -0.4 is 0 Å². The summed E-state index contributed by atoms with van der Waals surface area (Å²) in [5.74, 6) is 3.36. The maximum absolute atomic E-state index is 13.6. The smallest absolute Gasteiger partial charge is 0.257 e. The summed E-state index contributed by atoms with van der Waals surface area (Å²) >= 11 is 4.57. The fraction of sp³-hybridized carbons (Fsp3) is 0.560. The van der Waals surface area contributed by atoms with Gasteiger partial charge in [0, 0.05) is 79.0 Å². The number of carbonyl (C=O) groups excluding carboxylic acids is 1. The monoisotopic (exact) mass is 563 g/mol. The lowest BCUT2D eigenvalue weighted by atomic mass is 9.82. The number of aryl methyl sites for hydroxylation is 1. The van der Waals surface area contributed by atoms with E-state index >= 15 is 0 Å². The van der Waals surface area contributed by atoms with Gasteiger partial charge in [-0.1, -0.05) is 18.8 Å². The molecule has 2 fully saturated rings. The van der Waals surface area contributed by atoms with Gasteiger partial charge in [0.2, 0.25) is 0 Å². The molecule has 6 nitrogen and oxygen atoms in total. The Balaban J connectivity index is 1.36. The summed E-state index contributed by atoms with van der Waals surface area (Å²) in [6.45, 7) is 1.68. The summed E-state index contributed by atoms with van der Waals surface area (Å²) in [7, 11) is 1.96. The van der Waals surface area contributed by atoms with Gasteiger partial charge in [0.1, 0.15) is 11.0 Å². The van der Waals surface area contributed by atoms with Gasteiger partial charge in [-0.05, 0) is 41.3 Å². The van der Waals surface area contributed by atoms with Crippen LogP contribution >= 0.6 is 27.9 Å². The van der Waals surface area contributed by atoms with Crippen molar-refractivity contribution in [3.8, 4) is 17.2 Å². The van der Waals surface area contributed by atoms with E-state index in [9.17, 15) is 13.6 Å². The largest absolute Gasteiger partial charge is 0.332 e. The topological polar surface area (TPSA) is 65.2 Å². The van der Waals surface area contributed by atoms with Gasteiger partial charge in [-0.25, -0.2) is 18.1 Å². The van der Waals surface area contributed by atoms with E-state index in [1.807, 2.05) is 22.0 Å². The van der Waals surface area contributed by atoms with Crippen molar-refractivity contribution in [2.24, 2.45) is 13.0 Å². The van der Waals surface area contributed by atoms with Crippen molar-refractivity contribution in [1.29, 1.82) is 5.26 Å². The van der Waals surface area contributed by atoms with E-state index in [0.29, 0.717) is 25.3 Å². The quantitative estimate of drug-likeness (QED) is 0.178. The second kappa shape index (κ2) is 11.3. The molecule has 0 atom stereocenters. The minimum absolute atomic E-state index is 0.0246. The highest BCUT2D eigenvalue weighted by molar-refractivity contribution is 9.10. The third-order valence-corrected chi connectivity index (χ3v) is 7.67. The normalized spacial score (nSPS) is 17.7. The molecule has 0 N–H and O–H groups in total. The number of rotatable bonds is 8. The molecule has 0 spiro atoms. The maximum Gasteiger partial charge on any atom is 0.257 e. The molecule has 35 heavy (non-hydrogen) atoms. The fourth-order valence-corrected chi connectivity index (χ4v) is 5.54. The lowest BCUT2D eigenvalue weighted by Gasteiger charge is -2.31. The molecule has 2 aliphatic rings. The van der Waals surface area contributed by atoms with E-state index in [0.717, 1.165) is 71.7 Å². The Hall–Kier alpha value is -2.14. The number of amides is 1. The summed E-state index contributed by atoms with van der Waals surface area (Å²) in [6.07, 6.45) is 6.96. The molecule has 10 heteroatoms. The third-order valence-electron chi connectivity index (χ3n) is 6.59. The van der Waals surface area contributed by atoms with Crippen molar-refractivity contribution in [2.75, 3.05) is 19.8 Å². The lowest BCUT2D eigenvalue weighted by Crippen LogP contribution is -2.34. The summed E-state index contributed by atoms with van der Waals surface area (Å²) in [5, 5.41) is 11.9. The lowest BCUT2D eigenvalue weighted by molar-refractivity contribution is -0.0936. The molecule has 2 aromatic rings. The first-order valence-corrected chi connectivity index (χ1v) is 13.4. The van der Waals surface area contributed by atoms with Crippen molar-refractivity contribution in [2.45, 2.75) is 57.3 Å². The molecule has 4 rings (SSSR count). The molecule has 1 aliphatic heterocycles. The van der Waals surface area contributed by atoms with Gasteiger partial charge in [-0.2, -0.15) is 5.26 Å². The number of hydrogen-bond acceptors (Lipinski definition) is 5. The number of nitriles is 1. The molecule has 0 unspecified atom stereocenters. The number of halogens is 3. The third kappa shape index (κ3) is 6.17. The minimum Gasteiger partial charge on any atom is -0.332 e. The van der Waals surface area contributed by atoms with Crippen LogP contribution in [0.5, 0.6) is 0 Å². The van der Waals surface area contributed by atoms with Gasteiger partial charge in [0.05, 0.1) is 12.2 Å². The molecule has 186 valence electrons. The predicted octanol–water partition coefficient (Wildman–Crippen LogP) is 5.72. The van der Waals surface area contributed by atoms with Gasteiger partial charge >= 0.3 is 0 Å². The Morgan fingerprint density at radius 2 is 2.06 bits per heavy atom. The molecule has 2 aromatic heterocycles. The number of unbranched alkanes of at least 4 members (excludes halogenated alkanes) is 4. The summed E-state index contributed by atoms with van der Waals surface area (Å²) in [4.78, 5) is 19.9. The summed E-state index contributed by atoms with van der Waals surface area (Å²) in [5.41, 5.74) is 2.46. The Morgan fingerprint density at radius 3 is 2.80 bits per heavy atom. The van der Waals surface area contributed by atoms with Crippen LogP contribution in [0.2, 0.25) is 0 Å². The van der Waals surface area contributed by atoms with Crippen molar-refractivity contribution in [3.05, 3.63) is 28.0 Å². The molecule has 1 saturated carbocycles. The van der Waals surface area contributed by atoms with E-state index in [1.165, 1.54) is 0 Å². The van der Waals surface area contributed by atoms with Crippen LogP contribution in [0.15, 0.2) is 16.7 Å². The van der Waals surface area contributed by atoms with E-state index in [2.05, 4.69) is 38.2 Å². The van der Waals surface area contributed by atoms with Crippen molar-refractivity contribution in [1.82, 2.24) is 18.8 Å². The van der Waals surface area contributed by atoms with Gasteiger partial charge in [0.25, 0.3) is 11.8 Å². The van der Waals surface area contributed by atoms with E-state index in [-0.39, 0.29) is 24.7 Å². The molecule has 1 amide bonds. The van der Waals surface area contributed by atoms with E-state index in [4.69, 9.17) is 5.26 Å². The number of aromatic nitrogens is 2. The zero-order valence-corrected chi connectivity index (χ0v) is 22.1. The van der Waals surface area contributed by atoms with Crippen LogP contribution in [-0.4, -0.2) is 50.3 Å². The number of carbonyl (C=O) groups is 1. The summed E-state index contributed by atoms with van der Waals surface area (Å²) in [6, 6.07) is 1.95. The zero-order valence-electron chi connectivity index (χ0n) is 19.7. The molecule has 0 aromatic carbocycles. The van der Waals surface area contributed by atoms with E-state index in [1.54, 1.807) is 11.1 Å². The average molecular weight is 565 g/mol. The first kappa shape index (κ1) is 25.9.